The van der Waals surface area contributed by atoms with Gasteiger partial charge in [-0.05, 0) is 198 Å². The molecule has 0 spiro atoms. The van der Waals surface area contributed by atoms with Gasteiger partial charge in [-0.3, -0.25) is 47.9 Å². The number of para-hydroxylation sites is 4. The summed E-state index contributed by atoms with van der Waals surface area (Å²) in [6, 6.07) is 62.0. The molecule has 24 heteroatoms. The van der Waals surface area contributed by atoms with Crippen molar-refractivity contribution >= 4 is 129 Å². The van der Waals surface area contributed by atoms with Crippen molar-refractivity contribution in [2.75, 3.05) is 60.9 Å². The Morgan fingerprint density at radius 1 is 0.375 bits per heavy atom. The molecule has 24 nitrogen and oxygen atoms in total. The molecule has 604 valence electrons. The van der Waals surface area contributed by atoms with Crippen LogP contribution in [0.1, 0.15) is 128 Å². The Morgan fingerprint density at radius 2 is 0.725 bits per heavy atom. The monoisotopic (exact) mass is 1600 g/mol. The Kier molecular flexibility index (Phi) is 24.8. The lowest BCUT2D eigenvalue weighted by atomic mass is 9.74. The zero-order chi connectivity index (χ0) is 84.1. The molecule has 14 bridgehead atoms. The molecule has 15 rings (SSSR count). The number of hydrogen-bond donors (Lipinski definition) is 6. The van der Waals surface area contributed by atoms with Crippen LogP contribution < -0.4 is 21.3 Å². The largest absolute Gasteiger partial charge is 0.465 e. The molecule has 4 amide bonds. The van der Waals surface area contributed by atoms with Crippen LogP contribution in [0.2, 0.25) is 0 Å². The lowest BCUT2D eigenvalue weighted by Gasteiger charge is -2.30. The third kappa shape index (κ3) is 17.2. The fourth-order valence-corrected chi connectivity index (χ4v) is 15.1. The smallest absolute Gasteiger partial charge is 0.328 e. The molecule has 4 aliphatic rings. The number of anilines is 4. The normalized spacial score (nSPS) is 12.6. The number of rotatable bonds is 22. The SMILES string of the molecule is CCOC(=O)C(Cc1cccc(C(=O)Nc2ccccc2-c2c3nc(c4c5ccc([nH]5)c(-c5ccccc5NC(=O)c5cccc(CC(C(=O)OCC)C(=O)OCC)c5)c5nc(c(c6ccc2[nH]6)-c2ccccc2NC(=O)c2cccc(c2)CC(C(=O)OCC)(C(=O)OCC)c2cccc(c2)C(=O)Nc2ccccc2-4)C=C5)C=C3)c1)C(=O)OCC. The highest BCUT2D eigenvalue weighted by molar-refractivity contribution is 6.14. The Labute approximate surface area is 690 Å². The summed E-state index contributed by atoms with van der Waals surface area (Å²) in [6.45, 7) is 9.68. The topological polar surface area (TPSA) is 332 Å². The van der Waals surface area contributed by atoms with Crippen LogP contribution in [0.5, 0.6) is 0 Å². The Hall–Kier alpha value is -14.9. The molecular formula is C96H84N8O16. The number of aromatic amines is 2. The van der Waals surface area contributed by atoms with Crippen LogP contribution in [0.4, 0.5) is 22.7 Å². The summed E-state index contributed by atoms with van der Waals surface area (Å²) < 4.78 is 32.7. The average molecular weight is 1610 g/mol. The van der Waals surface area contributed by atoms with Gasteiger partial charge in [0.15, 0.2) is 17.3 Å². The molecular weight excluding hydrogens is 1520 g/mol. The van der Waals surface area contributed by atoms with E-state index in [2.05, 4.69) is 31.2 Å². The fourth-order valence-electron chi connectivity index (χ4n) is 15.1. The highest BCUT2D eigenvalue weighted by atomic mass is 16.6. The highest BCUT2D eigenvalue weighted by Crippen LogP contribution is 2.45. The lowest BCUT2D eigenvalue weighted by Crippen LogP contribution is -2.48. The van der Waals surface area contributed by atoms with Crippen LogP contribution in [0.3, 0.4) is 0 Å². The number of fused-ring (bicyclic) bond motifs is 3. The van der Waals surface area contributed by atoms with E-state index in [1.807, 2.05) is 97.1 Å². The molecule has 120 heavy (non-hydrogen) atoms. The van der Waals surface area contributed by atoms with Crippen LogP contribution in [-0.4, -0.2) is 119 Å². The van der Waals surface area contributed by atoms with Crippen molar-refractivity contribution in [3.05, 3.63) is 286 Å². The predicted molar refractivity (Wildman–Crippen MR) is 458 cm³/mol. The molecule has 6 N–H and O–H groups in total. The van der Waals surface area contributed by atoms with Crippen LogP contribution in [-0.2, 0) is 81.9 Å². The van der Waals surface area contributed by atoms with E-state index in [0.29, 0.717) is 123 Å². The molecule has 3 aromatic heterocycles. The van der Waals surface area contributed by atoms with Gasteiger partial charge in [-0.1, -0.05) is 121 Å². The molecule has 0 atom stereocenters. The molecule has 0 unspecified atom stereocenters. The Morgan fingerprint density at radius 3 is 1.12 bits per heavy atom. The first-order valence-corrected chi connectivity index (χ1v) is 39.5. The van der Waals surface area contributed by atoms with Crippen LogP contribution >= 0.6 is 0 Å². The van der Waals surface area contributed by atoms with E-state index in [9.17, 15) is 38.4 Å². The van der Waals surface area contributed by atoms with Gasteiger partial charge in [-0.15, -0.1) is 0 Å². The van der Waals surface area contributed by atoms with E-state index < -0.39 is 76.7 Å². The van der Waals surface area contributed by atoms with Crippen molar-refractivity contribution in [3.63, 3.8) is 0 Å². The fraction of sp³-hybridized carbons (Fsp3) is 0.188. The molecule has 0 saturated carbocycles. The van der Waals surface area contributed by atoms with E-state index in [0.717, 1.165) is 0 Å². The molecule has 0 fully saturated rings. The first-order chi connectivity index (χ1) is 58.3. The van der Waals surface area contributed by atoms with E-state index in [4.69, 9.17) is 38.4 Å². The maximum atomic E-state index is 15.5. The summed E-state index contributed by atoms with van der Waals surface area (Å²) >= 11 is 0. The summed E-state index contributed by atoms with van der Waals surface area (Å²) in [5.41, 5.74) is 8.41. The van der Waals surface area contributed by atoms with Gasteiger partial charge in [-0.25, -0.2) is 9.97 Å². The maximum absolute atomic E-state index is 15.5. The Bertz CT molecular complexity index is 5980. The number of esters is 6. The lowest BCUT2D eigenvalue weighted by molar-refractivity contribution is -0.166. The first kappa shape index (κ1) is 81.6. The minimum absolute atomic E-state index is 0.0344. The number of ether oxygens (including phenoxy) is 6. The van der Waals surface area contributed by atoms with Crippen molar-refractivity contribution < 1.29 is 76.4 Å². The minimum Gasteiger partial charge on any atom is -0.465 e. The van der Waals surface area contributed by atoms with Crippen molar-refractivity contribution in [3.8, 4) is 44.5 Å². The number of amides is 4. The van der Waals surface area contributed by atoms with Crippen molar-refractivity contribution in [2.45, 2.75) is 66.2 Å². The summed E-state index contributed by atoms with van der Waals surface area (Å²) in [7, 11) is 0. The van der Waals surface area contributed by atoms with E-state index in [1.165, 1.54) is 6.07 Å². The van der Waals surface area contributed by atoms with E-state index in [-0.39, 0.29) is 92.4 Å². The molecule has 0 radical (unpaired) electrons. The number of nitrogens with one attached hydrogen (secondary N) is 6. The molecule has 0 saturated heterocycles. The first-order valence-electron chi connectivity index (χ1n) is 39.5. The molecule has 8 aromatic carbocycles. The van der Waals surface area contributed by atoms with Gasteiger partial charge in [0, 0.05) is 118 Å². The second-order valence-electron chi connectivity index (χ2n) is 28.2. The predicted octanol–water partition coefficient (Wildman–Crippen LogP) is 16.8. The standard InChI is InChI=1S/C96H84N8O16/c1-7-115-90(109)68(91(110)116-8-2)52-56-25-21-28-59(49-56)86(105)101-70-37-17-13-33-64(70)82-74-41-43-78(97-74)84-66-35-15-19-39-72(66)103-88(107)61-30-23-27-58(51-61)55-96(94(113)119-11-5,95(114)120-12-6)63-32-24-31-62(54-63)89(108)104-73-40-20-16-36-67(73)85(80-47-45-76(82)99-80)81-48-46-77(100-81)83(75-42-44-79(84)98-75)65-34-14-18-38-71(65)102-87(106)60-29-22-26-57(50-60)53-69(92(111)117-9-3)93(112)118-10-4/h13-51,54,68-69,97,100H,7-12,52-53,55H2,1-6H3,(H,101,105)(H,102,106)(H,103,107)(H,104,108). The quantitative estimate of drug-likeness (QED) is 0.0209. The number of carbonyl (C=O) groups excluding carboxylic acids is 10. The number of carbonyl (C=O) groups is 10. The van der Waals surface area contributed by atoms with Crippen molar-refractivity contribution in [1.82, 2.24) is 19.9 Å². The third-order valence-electron chi connectivity index (χ3n) is 20.6. The summed E-state index contributed by atoms with van der Waals surface area (Å²) in [5, 5.41) is 12.7. The van der Waals surface area contributed by atoms with Crippen LogP contribution in [0.15, 0.2) is 218 Å². The van der Waals surface area contributed by atoms with Crippen LogP contribution in [0.25, 0.3) is 90.9 Å². The number of H-pyrrole nitrogens is 2. The molecule has 11 aromatic rings. The van der Waals surface area contributed by atoms with Gasteiger partial charge >= 0.3 is 35.8 Å². The van der Waals surface area contributed by atoms with E-state index >= 15 is 9.59 Å². The van der Waals surface area contributed by atoms with Gasteiger partial charge < -0.3 is 59.7 Å². The van der Waals surface area contributed by atoms with Gasteiger partial charge in [-0.2, -0.15) is 0 Å². The number of hydrogen-bond acceptors (Lipinski definition) is 18. The van der Waals surface area contributed by atoms with E-state index in [1.54, 1.807) is 181 Å². The second kappa shape index (κ2) is 36.5. The summed E-state index contributed by atoms with van der Waals surface area (Å²) in [6.07, 6.45) is 6.79. The van der Waals surface area contributed by atoms with Gasteiger partial charge in [0.1, 0.15) is 0 Å². The number of nitrogens with zero attached hydrogens (tertiary/aromatic N) is 2. The maximum Gasteiger partial charge on any atom is 0.328 e. The molecule has 4 aliphatic heterocycles. The highest BCUT2D eigenvalue weighted by Gasteiger charge is 2.51. The van der Waals surface area contributed by atoms with Crippen molar-refractivity contribution in [2.24, 2.45) is 11.8 Å². The summed E-state index contributed by atoms with van der Waals surface area (Å²) in [5.74, 6) is -9.82. The van der Waals surface area contributed by atoms with Gasteiger partial charge in [0.25, 0.3) is 23.6 Å². The molecule has 7 heterocycles. The number of benzene rings is 8. The summed E-state index contributed by atoms with van der Waals surface area (Å²) in [4.78, 5) is 162. The minimum atomic E-state index is -2.23. The van der Waals surface area contributed by atoms with Gasteiger partial charge in [0.05, 0.1) is 62.4 Å². The molecule has 0 aliphatic carbocycles. The average Bonchev–Trinajstić information content (AvgIpc) is 1.74. The third-order valence-corrected chi connectivity index (χ3v) is 20.6. The second-order valence-corrected chi connectivity index (χ2v) is 28.2. The van der Waals surface area contributed by atoms with Crippen molar-refractivity contribution in [1.29, 1.82) is 0 Å². The zero-order valence-corrected chi connectivity index (χ0v) is 66.5. The zero-order valence-electron chi connectivity index (χ0n) is 66.5. The Balaban J connectivity index is 1.03. The van der Waals surface area contributed by atoms with Crippen LogP contribution in [0, 0.1) is 11.8 Å². The number of aromatic nitrogens is 4. The van der Waals surface area contributed by atoms with Gasteiger partial charge in [0.2, 0.25) is 0 Å².